The summed E-state index contributed by atoms with van der Waals surface area (Å²) in [5.74, 6) is -0.259. The Morgan fingerprint density at radius 2 is 2.00 bits per heavy atom. The lowest BCUT2D eigenvalue weighted by molar-refractivity contribution is -0.130. The highest BCUT2D eigenvalue weighted by Crippen LogP contribution is 2.18. The number of amides is 2. The maximum atomic E-state index is 13.3. The number of benzene rings is 1. The monoisotopic (exact) mass is 465 g/mol. The summed E-state index contributed by atoms with van der Waals surface area (Å²) in [6.45, 7) is 7.08. The van der Waals surface area contributed by atoms with E-state index in [9.17, 15) is 19.1 Å². The maximum absolute atomic E-state index is 13.3. The van der Waals surface area contributed by atoms with E-state index in [1.807, 2.05) is 4.90 Å². The smallest absolute Gasteiger partial charge is 0.246 e. The molecule has 0 aliphatic carbocycles. The van der Waals surface area contributed by atoms with Gasteiger partial charge in [-0.15, -0.1) is 0 Å². The fourth-order valence-corrected chi connectivity index (χ4v) is 4.46. The Balaban J connectivity index is 1.41. The van der Waals surface area contributed by atoms with Gasteiger partial charge in [-0.05, 0) is 55.5 Å². The summed E-state index contributed by atoms with van der Waals surface area (Å²) in [7, 11) is 0. The maximum Gasteiger partial charge on any atom is 0.246 e. The highest BCUT2D eigenvalue weighted by Gasteiger charge is 2.24. The molecular weight excluding hydrogens is 433 g/mol. The first kappa shape index (κ1) is 24.7. The molecule has 176 valence electrons. The number of aliphatic hydroxyl groups excluding tert-OH is 1. The molecular formula is C24H33ClFN3O3. The lowest BCUT2D eigenvalue weighted by Gasteiger charge is -2.34. The number of carbonyl (C=O) groups excluding carboxylic acids is 2. The van der Waals surface area contributed by atoms with Gasteiger partial charge < -0.3 is 19.8 Å². The van der Waals surface area contributed by atoms with Crippen molar-refractivity contribution in [2.45, 2.75) is 38.7 Å². The van der Waals surface area contributed by atoms with E-state index in [0.717, 1.165) is 38.9 Å². The molecule has 2 amide bonds. The molecule has 0 spiro atoms. The van der Waals surface area contributed by atoms with E-state index in [4.69, 9.17) is 11.6 Å². The van der Waals surface area contributed by atoms with Crippen LogP contribution in [0, 0.1) is 11.7 Å². The molecule has 2 aliphatic rings. The predicted octanol–water partition coefficient (Wildman–Crippen LogP) is 3.04. The van der Waals surface area contributed by atoms with Crippen molar-refractivity contribution in [2.75, 3.05) is 45.8 Å². The zero-order valence-electron chi connectivity index (χ0n) is 18.7. The van der Waals surface area contributed by atoms with E-state index in [2.05, 4.69) is 11.8 Å². The summed E-state index contributed by atoms with van der Waals surface area (Å²) in [6.07, 6.45) is 5.96. The molecule has 6 nitrogen and oxygen atoms in total. The Morgan fingerprint density at radius 3 is 2.75 bits per heavy atom. The standard InChI is InChI=1S/C24H33ClFN3O3/c1-18-17-27(12-8-22(18)30)10-2-3-11-28-14-15-29(13-9-24(28)32)23(31)7-5-19-4-6-21(26)20(25)16-19/h4-7,16,18,22,30H,2-3,8-15,17H2,1H3. The van der Waals surface area contributed by atoms with Gasteiger partial charge in [-0.25, -0.2) is 4.39 Å². The van der Waals surface area contributed by atoms with E-state index in [-0.39, 0.29) is 22.9 Å². The molecule has 8 heteroatoms. The quantitative estimate of drug-likeness (QED) is 0.496. The van der Waals surface area contributed by atoms with Crippen LogP contribution in [0.3, 0.4) is 0 Å². The minimum atomic E-state index is -0.495. The molecule has 2 aliphatic heterocycles. The molecule has 1 aromatic carbocycles. The second kappa shape index (κ2) is 11.8. The number of rotatable bonds is 7. The van der Waals surface area contributed by atoms with Gasteiger partial charge in [-0.2, -0.15) is 0 Å². The lowest BCUT2D eigenvalue weighted by atomic mass is 9.96. The Bertz CT molecular complexity index is 835. The predicted molar refractivity (Wildman–Crippen MR) is 124 cm³/mol. The van der Waals surface area contributed by atoms with Crippen molar-refractivity contribution in [3.05, 3.63) is 40.7 Å². The first-order chi connectivity index (χ1) is 15.3. The highest BCUT2D eigenvalue weighted by molar-refractivity contribution is 6.30. The number of hydrogen-bond donors (Lipinski definition) is 1. The van der Waals surface area contributed by atoms with Gasteiger partial charge in [0.05, 0.1) is 11.1 Å². The number of piperidine rings is 1. The first-order valence-electron chi connectivity index (χ1n) is 11.4. The molecule has 1 aromatic rings. The van der Waals surface area contributed by atoms with E-state index >= 15 is 0 Å². The van der Waals surface area contributed by atoms with Crippen LogP contribution in [0.4, 0.5) is 4.39 Å². The first-order valence-corrected chi connectivity index (χ1v) is 11.8. The number of hydrogen-bond acceptors (Lipinski definition) is 4. The van der Waals surface area contributed by atoms with Crippen LogP contribution in [-0.2, 0) is 9.59 Å². The van der Waals surface area contributed by atoms with E-state index in [1.54, 1.807) is 17.0 Å². The molecule has 1 N–H and O–H groups in total. The summed E-state index contributed by atoms with van der Waals surface area (Å²) in [5.41, 5.74) is 0.648. The second-order valence-corrected chi connectivity index (χ2v) is 9.21. The third-order valence-electron chi connectivity index (χ3n) is 6.36. The number of aliphatic hydroxyl groups is 1. The number of nitrogens with zero attached hydrogens (tertiary/aromatic N) is 3. The molecule has 0 aromatic heterocycles. The SMILES string of the molecule is CC1CN(CCCCN2CCN(C(=O)C=Cc3ccc(F)c(Cl)c3)CCC2=O)CCC1O. The largest absolute Gasteiger partial charge is 0.393 e. The number of likely N-dealkylation sites (tertiary alicyclic amines) is 1. The topological polar surface area (TPSA) is 64.1 Å². The van der Waals surface area contributed by atoms with Crippen molar-refractivity contribution in [2.24, 2.45) is 5.92 Å². The minimum absolute atomic E-state index is 0.0167. The Morgan fingerprint density at radius 1 is 1.22 bits per heavy atom. The molecule has 2 saturated heterocycles. The van der Waals surface area contributed by atoms with Gasteiger partial charge in [0, 0.05) is 51.8 Å². The summed E-state index contributed by atoms with van der Waals surface area (Å²) in [4.78, 5) is 31.0. The van der Waals surface area contributed by atoms with E-state index in [0.29, 0.717) is 44.1 Å². The van der Waals surface area contributed by atoms with Crippen LogP contribution in [0.2, 0.25) is 5.02 Å². The van der Waals surface area contributed by atoms with Crippen molar-refractivity contribution in [3.63, 3.8) is 0 Å². The fraction of sp³-hybridized carbons (Fsp3) is 0.583. The summed E-state index contributed by atoms with van der Waals surface area (Å²) < 4.78 is 13.3. The van der Waals surface area contributed by atoms with E-state index < -0.39 is 5.82 Å². The zero-order chi connectivity index (χ0) is 23.1. The molecule has 0 bridgehead atoms. The molecule has 32 heavy (non-hydrogen) atoms. The summed E-state index contributed by atoms with van der Waals surface area (Å²) in [6, 6.07) is 4.30. The molecule has 2 heterocycles. The Hall–Kier alpha value is -1.96. The Kier molecular flexibility index (Phi) is 9.08. The third kappa shape index (κ3) is 7.02. The van der Waals surface area contributed by atoms with Gasteiger partial charge in [0.15, 0.2) is 0 Å². The van der Waals surface area contributed by atoms with Crippen LogP contribution < -0.4 is 0 Å². The van der Waals surface area contributed by atoms with Crippen molar-refractivity contribution < 1.29 is 19.1 Å². The van der Waals surface area contributed by atoms with Crippen LogP contribution in [0.5, 0.6) is 0 Å². The van der Waals surface area contributed by atoms with Crippen LogP contribution >= 0.6 is 11.6 Å². The van der Waals surface area contributed by atoms with Crippen LogP contribution in [0.1, 0.15) is 38.2 Å². The van der Waals surface area contributed by atoms with Gasteiger partial charge in [0.1, 0.15) is 5.82 Å². The molecule has 2 unspecified atom stereocenters. The molecule has 0 saturated carbocycles. The van der Waals surface area contributed by atoms with Crippen molar-refractivity contribution in [3.8, 4) is 0 Å². The number of carbonyl (C=O) groups is 2. The van der Waals surface area contributed by atoms with E-state index in [1.165, 1.54) is 18.2 Å². The van der Waals surface area contributed by atoms with Gasteiger partial charge in [0.2, 0.25) is 11.8 Å². The highest BCUT2D eigenvalue weighted by atomic mass is 35.5. The van der Waals surface area contributed by atoms with Gasteiger partial charge >= 0.3 is 0 Å². The average molecular weight is 466 g/mol. The van der Waals surface area contributed by atoms with Gasteiger partial charge in [-0.1, -0.05) is 24.6 Å². The van der Waals surface area contributed by atoms with Gasteiger partial charge in [-0.3, -0.25) is 9.59 Å². The summed E-state index contributed by atoms with van der Waals surface area (Å²) >= 11 is 5.78. The lowest BCUT2D eigenvalue weighted by Crippen LogP contribution is -2.42. The fourth-order valence-electron chi connectivity index (χ4n) is 4.27. The van der Waals surface area contributed by atoms with Gasteiger partial charge in [0.25, 0.3) is 0 Å². The Labute approximate surface area is 194 Å². The molecule has 3 rings (SSSR count). The van der Waals surface area contributed by atoms with Crippen LogP contribution in [0.25, 0.3) is 6.08 Å². The minimum Gasteiger partial charge on any atom is -0.393 e. The van der Waals surface area contributed by atoms with Crippen molar-refractivity contribution >= 4 is 29.5 Å². The van der Waals surface area contributed by atoms with Crippen molar-refractivity contribution in [1.29, 1.82) is 0 Å². The van der Waals surface area contributed by atoms with Crippen LogP contribution in [0.15, 0.2) is 24.3 Å². The molecule has 2 fully saturated rings. The second-order valence-electron chi connectivity index (χ2n) is 8.80. The third-order valence-corrected chi connectivity index (χ3v) is 6.65. The average Bonchev–Trinajstić information content (AvgIpc) is 2.96. The number of halogens is 2. The van der Waals surface area contributed by atoms with Crippen LogP contribution in [-0.4, -0.2) is 83.5 Å². The normalized spacial score (nSPS) is 23.1. The van der Waals surface area contributed by atoms with Crippen molar-refractivity contribution in [1.82, 2.24) is 14.7 Å². The molecule has 0 radical (unpaired) electrons. The summed E-state index contributed by atoms with van der Waals surface area (Å²) in [5, 5.41) is 9.86. The molecule has 2 atom stereocenters. The zero-order valence-corrected chi connectivity index (χ0v) is 19.4. The number of unbranched alkanes of at least 4 members (excludes halogenated alkanes) is 1.